The van der Waals surface area contributed by atoms with E-state index in [1.165, 1.54) is 6.08 Å². The number of hydrogen-bond donors (Lipinski definition) is 1. The van der Waals surface area contributed by atoms with Crippen molar-refractivity contribution >= 4 is 20.0 Å². The summed E-state index contributed by atoms with van der Waals surface area (Å²) >= 11 is 0. The molecule has 0 aliphatic rings. The number of unbranched alkanes of at least 4 members (excludes halogenated alkanes) is 1. The third-order valence-electron chi connectivity index (χ3n) is 2.69. The Labute approximate surface area is 130 Å². The normalized spacial score (nSPS) is 13.0. The zero-order valence-electron chi connectivity index (χ0n) is 11.7. The minimum absolute atomic E-state index is 0.477. The van der Waals surface area contributed by atoms with Gasteiger partial charge in [-0.25, -0.2) is 26.0 Å². The molecule has 0 aromatic heterocycles. The highest BCUT2D eigenvalue weighted by Gasteiger charge is 2.36. The fourth-order valence-electron chi connectivity index (χ4n) is 1.65. The molecular weight excluding hydrogens is 364 g/mol. The Bertz CT molecular complexity index is 816. The van der Waals surface area contributed by atoms with Gasteiger partial charge in [0, 0.05) is 0 Å². The zero-order chi connectivity index (χ0) is 18.0. The third-order valence-corrected chi connectivity index (χ3v) is 5.18. The molecule has 5 nitrogen and oxygen atoms in total. The summed E-state index contributed by atoms with van der Waals surface area (Å²) in [6, 6.07) is 0. The predicted octanol–water partition coefficient (Wildman–Crippen LogP) is 2.62. The predicted molar refractivity (Wildman–Crippen MR) is 72.2 cm³/mol. The quantitative estimate of drug-likeness (QED) is 0.357. The van der Waals surface area contributed by atoms with E-state index in [0.717, 1.165) is 6.08 Å². The standard InChI is InChI=1S/C12H12F4O5S2/c1-2-3-4-5-6-22(17,18)11-7(13)9(15)12(23(19,20)21)10(16)8(11)14/h4-5H,2-3,6H2,1H3,(H,19,20,21)/b5-4+. The molecule has 0 bridgehead atoms. The molecule has 0 atom stereocenters. The van der Waals surface area contributed by atoms with Gasteiger partial charge < -0.3 is 0 Å². The molecule has 0 heterocycles. The molecule has 0 aliphatic carbocycles. The fraction of sp³-hybridized carbons (Fsp3) is 0.333. The molecule has 0 spiro atoms. The van der Waals surface area contributed by atoms with E-state index < -0.39 is 58.8 Å². The van der Waals surface area contributed by atoms with Gasteiger partial charge in [0.2, 0.25) is 0 Å². The van der Waals surface area contributed by atoms with E-state index >= 15 is 0 Å². The van der Waals surface area contributed by atoms with Gasteiger partial charge in [0.1, 0.15) is 4.90 Å². The van der Waals surface area contributed by atoms with E-state index in [4.69, 9.17) is 4.55 Å². The molecule has 1 aromatic rings. The van der Waals surface area contributed by atoms with Gasteiger partial charge in [0.25, 0.3) is 0 Å². The van der Waals surface area contributed by atoms with E-state index in [2.05, 4.69) is 0 Å². The summed E-state index contributed by atoms with van der Waals surface area (Å²) < 4.78 is 108. The van der Waals surface area contributed by atoms with Gasteiger partial charge in [-0.1, -0.05) is 25.5 Å². The number of allylic oxidation sites excluding steroid dienone is 1. The van der Waals surface area contributed by atoms with Gasteiger partial charge in [-0.3, -0.25) is 4.55 Å². The van der Waals surface area contributed by atoms with Gasteiger partial charge in [-0.2, -0.15) is 8.42 Å². The Morgan fingerprint density at radius 2 is 1.30 bits per heavy atom. The van der Waals surface area contributed by atoms with Crippen molar-refractivity contribution in [1.82, 2.24) is 0 Å². The van der Waals surface area contributed by atoms with Gasteiger partial charge in [-0.05, 0) is 6.42 Å². The van der Waals surface area contributed by atoms with Crippen molar-refractivity contribution < 1.29 is 39.0 Å². The van der Waals surface area contributed by atoms with Crippen molar-refractivity contribution in [2.45, 2.75) is 29.6 Å². The number of halogens is 4. The van der Waals surface area contributed by atoms with Crippen molar-refractivity contribution in [3.63, 3.8) is 0 Å². The highest BCUT2D eigenvalue weighted by atomic mass is 32.2. The molecule has 23 heavy (non-hydrogen) atoms. The minimum Gasteiger partial charge on any atom is -0.282 e. The minimum atomic E-state index is -5.63. The van der Waals surface area contributed by atoms with E-state index in [9.17, 15) is 34.4 Å². The second kappa shape index (κ2) is 6.97. The summed E-state index contributed by atoms with van der Waals surface area (Å²) in [5.74, 6) is -10.8. The van der Waals surface area contributed by atoms with Gasteiger partial charge in [0.05, 0.1) is 5.75 Å². The van der Waals surface area contributed by atoms with Crippen molar-refractivity contribution in [2.75, 3.05) is 5.75 Å². The van der Waals surface area contributed by atoms with Crippen molar-refractivity contribution in [3.8, 4) is 0 Å². The summed E-state index contributed by atoms with van der Waals surface area (Å²) in [5.41, 5.74) is 0. The Balaban J connectivity index is 3.57. The number of hydrogen-bond acceptors (Lipinski definition) is 4. The van der Waals surface area contributed by atoms with Crippen LogP contribution in [0.1, 0.15) is 19.8 Å². The Kier molecular flexibility index (Phi) is 5.94. The fourth-order valence-corrected chi connectivity index (χ4v) is 3.57. The molecule has 0 unspecified atom stereocenters. The first-order valence-electron chi connectivity index (χ1n) is 6.16. The van der Waals surface area contributed by atoms with E-state index in [-0.39, 0.29) is 0 Å². The monoisotopic (exact) mass is 376 g/mol. The lowest BCUT2D eigenvalue weighted by Gasteiger charge is -2.10. The Hall–Kier alpha value is -1.46. The van der Waals surface area contributed by atoms with Crippen molar-refractivity contribution in [1.29, 1.82) is 0 Å². The van der Waals surface area contributed by atoms with Crippen LogP contribution in [-0.2, 0) is 20.0 Å². The maximum Gasteiger partial charge on any atom is 0.300 e. The van der Waals surface area contributed by atoms with Crippen LogP contribution in [0.25, 0.3) is 0 Å². The summed E-state index contributed by atoms with van der Waals surface area (Å²) in [4.78, 5) is -4.21. The number of sulfone groups is 1. The second-order valence-corrected chi connectivity index (χ2v) is 7.76. The zero-order valence-corrected chi connectivity index (χ0v) is 13.3. The highest BCUT2D eigenvalue weighted by Crippen LogP contribution is 2.30. The van der Waals surface area contributed by atoms with Crippen LogP contribution in [0.3, 0.4) is 0 Å². The van der Waals surface area contributed by atoms with E-state index in [1.54, 1.807) is 6.92 Å². The molecule has 130 valence electrons. The molecule has 0 aliphatic heterocycles. The van der Waals surface area contributed by atoms with Crippen molar-refractivity contribution in [3.05, 3.63) is 35.4 Å². The SMILES string of the molecule is CCC/C=C/CS(=O)(=O)c1c(F)c(F)c(S(=O)(=O)O)c(F)c1F. The summed E-state index contributed by atoms with van der Waals surface area (Å²) in [6.07, 6.45) is 3.59. The summed E-state index contributed by atoms with van der Waals surface area (Å²) in [5, 5.41) is 0. The Morgan fingerprint density at radius 1 is 0.870 bits per heavy atom. The molecule has 0 saturated heterocycles. The first kappa shape index (κ1) is 19.6. The molecule has 1 N–H and O–H groups in total. The lowest BCUT2D eigenvalue weighted by Crippen LogP contribution is -2.17. The van der Waals surface area contributed by atoms with Crippen molar-refractivity contribution in [2.24, 2.45) is 0 Å². The van der Waals surface area contributed by atoms with Crippen LogP contribution in [0.4, 0.5) is 17.6 Å². The molecular formula is C12H12F4O5S2. The lowest BCUT2D eigenvalue weighted by atomic mass is 10.3. The number of benzene rings is 1. The van der Waals surface area contributed by atoms with E-state index in [0.29, 0.717) is 12.8 Å². The van der Waals surface area contributed by atoms with Crippen LogP contribution in [0.15, 0.2) is 21.9 Å². The van der Waals surface area contributed by atoms with Gasteiger partial charge in [-0.15, -0.1) is 0 Å². The summed E-state index contributed by atoms with van der Waals surface area (Å²) in [6.45, 7) is 1.79. The summed E-state index contributed by atoms with van der Waals surface area (Å²) in [7, 11) is -10.4. The van der Waals surface area contributed by atoms with Crippen LogP contribution in [0.2, 0.25) is 0 Å². The molecule has 1 aromatic carbocycles. The van der Waals surface area contributed by atoms with Crippen LogP contribution in [-0.4, -0.2) is 27.1 Å². The maximum atomic E-state index is 13.7. The van der Waals surface area contributed by atoms with Crippen LogP contribution >= 0.6 is 0 Å². The molecule has 11 heteroatoms. The molecule has 0 fully saturated rings. The molecule has 1 rings (SSSR count). The topological polar surface area (TPSA) is 88.5 Å². The van der Waals surface area contributed by atoms with Gasteiger partial charge in [0.15, 0.2) is 38.0 Å². The average Bonchev–Trinajstić information content (AvgIpc) is 2.40. The third kappa shape index (κ3) is 4.09. The first-order valence-corrected chi connectivity index (χ1v) is 9.25. The smallest absolute Gasteiger partial charge is 0.282 e. The van der Waals surface area contributed by atoms with Gasteiger partial charge >= 0.3 is 10.1 Å². The van der Waals surface area contributed by atoms with E-state index in [1.807, 2.05) is 0 Å². The second-order valence-electron chi connectivity index (χ2n) is 4.43. The number of rotatable bonds is 6. The molecule has 0 radical (unpaired) electrons. The lowest BCUT2D eigenvalue weighted by molar-refractivity contribution is 0.380. The first-order chi connectivity index (χ1) is 10.4. The molecule has 0 saturated carbocycles. The van der Waals surface area contributed by atoms with Crippen LogP contribution in [0, 0.1) is 23.3 Å². The maximum absolute atomic E-state index is 13.7. The van der Waals surface area contributed by atoms with Crippen LogP contribution < -0.4 is 0 Å². The van der Waals surface area contributed by atoms with Crippen LogP contribution in [0.5, 0.6) is 0 Å². The largest absolute Gasteiger partial charge is 0.300 e. The Morgan fingerprint density at radius 3 is 1.70 bits per heavy atom. The molecule has 0 amide bonds. The highest BCUT2D eigenvalue weighted by molar-refractivity contribution is 7.91. The average molecular weight is 376 g/mol.